The molecular weight excluding hydrogens is 339 g/mol. The van der Waals surface area contributed by atoms with Crippen molar-refractivity contribution in [2.45, 2.75) is 19.3 Å². The molecule has 0 bridgehead atoms. The Kier molecular flexibility index (Phi) is 5.21. The lowest BCUT2D eigenvalue weighted by Crippen LogP contribution is -2.29. The number of aromatic nitrogens is 2. The second-order valence-corrected chi connectivity index (χ2v) is 7.13. The molecule has 0 atom stereocenters. The summed E-state index contributed by atoms with van der Waals surface area (Å²) in [4.78, 5) is 0. The Morgan fingerprint density at radius 2 is 1.85 bits per heavy atom. The number of nitrogens with zero attached hydrogens (tertiary/aromatic N) is 2. The van der Waals surface area contributed by atoms with E-state index in [0.717, 1.165) is 16.8 Å². The summed E-state index contributed by atoms with van der Waals surface area (Å²) in [6.45, 7) is 8.27. The van der Waals surface area contributed by atoms with E-state index >= 15 is 0 Å². The number of hydrogen-bond acceptors (Lipinski definition) is 4. The highest BCUT2D eigenvalue weighted by atomic mass is 19.1. The summed E-state index contributed by atoms with van der Waals surface area (Å²) in [5, 5.41) is 11.8. The summed E-state index contributed by atoms with van der Waals surface area (Å²) in [7, 11) is 0. The van der Waals surface area contributed by atoms with Crippen LogP contribution >= 0.6 is 0 Å². The number of nitrogens with two attached hydrogens (primary N) is 1. The smallest absolute Gasteiger partial charge is 0.148 e. The van der Waals surface area contributed by atoms with E-state index in [2.05, 4.69) is 22.1 Å². The molecule has 138 valence electrons. The summed E-state index contributed by atoms with van der Waals surface area (Å²) < 4.78 is 14.1. The van der Waals surface area contributed by atoms with Crippen molar-refractivity contribution < 1.29 is 4.39 Å². The van der Waals surface area contributed by atoms with Crippen LogP contribution in [0.5, 0.6) is 0 Å². The molecule has 0 saturated heterocycles. The summed E-state index contributed by atoms with van der Waals surface area (Å²) in [5.74, 6) is 0.439. The molecule has 0 aliphatic carbocycles. The quantitative estimate of drug-likeness (QED) is 0.672. The lowest BCUT2D eigenvalue weighted by Gasteiger charge is -2.26. The maximum Gasteiger partial charge on any atom is 0.148 e. The van der Waals surface area contributed by atoms with E-state index in [9.17, 15) is 4.39 Å². The molecular formula is C22H23FN4. The second kappa shape index (κ2) is 7.58. The molecule has 0 saturated carbocycles. The van der Waals surface area contributed by atoms with Crippen molar-refractivity contribution in [2.24, 2.45) is 5.73 Å². The summed E-state index contributed by atoms with van der Waals surface area (Å²) in [6.07, 6.45) is 0. The first-order chi connectivity index (χ1) is 12.9. The fourth-order valence-corrected chi connectivity index (χ4v) is 2.88. The Labute approximate surface area is 159 Å². The van der Waals surface area contributed by atoms with Gasteiger partial charge in [0.15, 0.2) is 0 Å². The van der Waals surface area contributed by atoms with E-state index in [4.69, 9.17) is 5.73 Å². The monoisotopic (exact) mass is 362 g/mol. The zero-order chi connectivity index (χ0) is 19.4. The van der Waals surface area contributed by atoms with Crippen LogP contribution in [0.25, 0.3) is 17.0 Å². The highest BCUT2D eigenvalue weighted by molar-refractivity contribution is 5.68. The van der Waals surface area contributed by atoms with E-state index in [-0.39, 0.29) is 11.2 Å². The van der Waals surface area contributed by atoms with Gasteiger partial charge in [0.1, 0.15) is 11.6 Å². The zero-order valence-electron chi connectivity index (χ0n) is 15.5. The molecule has 0 radical (unpaired) electrons. The van der Waals surface area contributed by atoms with Crippen molar-refractivity contribution in [3.63, 3.8) is 0 Å². The molecule has 0 unspecified atom stereocenters. The average Bonchev–Trinajstić information content (AvgIpc) is 2.67. The van der Waals surface area contributed by atoms with Gasteiger partial charge in [-0.25, -0.2) is 4.39 Å². The largest absolute Gasteiger partial charge is 0.399 e. The third-order valence-corrected chi connectivity index (χ3v) is 4.51. The van der Waals surface area contributed by atoms with Crippen LogP contribution in [-0.2, 0) is 5.41 Å². The van der Waals surface area contributed by atoms with Crippen LogP contribution in [0.3, 0.4) is 0 Å². The van der Waals surface area contributed by atoms with Gasteiger partial charge in [0.2, 0.25) is 0 Å². The predicted octanol–water partition coefficient (Wildman–Crippen LogP) is 4.60. The van der Waals surface area contributed by atoms with Gasteiger partial charge in [-0.15, -0.1) is 10.2 Å². The van der Waals surface area contributed by atoms with Gasteiger partial charge >= 0.3 is 0 Å². The third-order valence-electron chi connectivity index (χ3n) is 4.51. The van der Waals surface area contributed by atoms with E-state index in [0.29, 0.717) is 23.6 Å². The Hall–Kier alpha value is -3.21. The molecule has 3 rings (SSSR count). The summed E-state index contributed by atoms with van der Waals surface area (Å²) >= 11 is 0. The van der Waals surface area contributed by atoms with Gasteiger partial charge in [-0.05, 0) is 35.4 Å². The molecule has 0 amide bonds. The van der Waals surface area contributed by atoms with Gasteiger partial charge in [-0.2, -0.15) is 0 Å². The number of nitrogens with one attached hydrogen (secondary N) is 1. The summed E-state index contributed by atoms with van der Waals surface area (Å²) in [5.41, 5.74) is 9.08. The minimum absolute atomic E-state index is 0.202. The van der Waals surface area contributed by atoms with E-state index < -0.39 is 0 Å². The first-order valence-corrected chi connectivity index (χ1v) is 8.74. The van der Waals surface area contributed by atoms with E-state index in [1.807, 2.05) is 62.4 Å². The number of rotatable bonds is 6. The fourth-order valence-electron chi connectivity index (χ4n) is 2.88. The fraction of sp³-hybridized carbons (Fsp3) is 0.182. The molecule has 1 aromatic heterocycles. The minimum atomic E-state index is -0.387. The van der Waals surface area contributed by atoms with Crippen LogP contribution in [0.2, 0.25) is 0 Å². The van der Waals surface area contributed by atoms with Gasteiger partial charge < -0.3 is 11.1 Å². The lowest BCUT2D eigenvalue weighted by atomic mass is 9.84. The molecule has 0 aliphatic heterocycles. The van der Waals surface area contributed by atoms with Gasteiger partial charge in [0.25, 0.3) is 0 Å². The molecule has 5 heteroatoms. The maximum atomic E-state index is 14.1. The Morgan fingerprint density at radius 1 is 1.07 bits per heavy atom. The third kappa shape index (κ3) is 4.31. The van der Waals surface area contributed by atoms with Gasteiger partial charge in [-0.1, -0.05) is 56.8 Å². The topological polar surface area (TPSA) is 63.8 Å². The standard InChI is InChI=1S/C22H23FN4/c1-15(24)16-7-6-8-17(13-16)20-11-12-21(27-26-20)25-14-22(2,3)18-9-4-5-10-19(18)23/h4-13H,1,14,24H2,2-3H3,(H,25,27). The van der Waals surface area contributed by atoms with Crippen molar-refractivity contribution in [3.8, 4) is 11.3 Å². The number of hydrogen-bond donors (Lipinski definition) is 2. The van der Waals surface area contributed by atoms with Crippen LogP contribution in [0.1, 0.15) is 25.0 Å². The van der Waals surface area contributed by atoms with E-state index in [1.54, 1.807) is 6.07 Å². The highest BCUT2D eigenvalue weighted by Crippen LogP contribution is 2.26. The molecule has 4 nitrogen and oxygen atoms in total. The molecule has 1 heterocycles. The first-order valence-electron chi connectivity index (χ1n) is 8.74. The first kappa shape index (κ1) is 18.6. The Balaban J connectivity index is 1.72. The molecule has 3 N–H and O–H groups in total. The molecule has 0 aliphatic rings. The number of halogens is 1. The minimum Gasteiger partial charge on any atom is -0.399 e. The maximum absolute atomic E-state index is 14.1. The van der Waals surface area contributed by atoms with Crippen LogP contribution in [-0.4, -0.2) is 16.7 Å². The van der Waals surface area contributed by atoms with Crippen molar-refractivity contribution in [2.75, 3.05) is 11.9 Å². The van der Waals surface area contributed by atoms with Crippen molar-refractivity contribution in [1.82, 2.24) is 10.2 Å². The molecule has 27 heavy (non-hydrogen) atoms. The van der Waals surface area contributed by atoms with E-state index in [1.165, 1.54) is 6.07 Å². The zero-order valence-corrected chi connectivity index (χ0v) is 15.5. The normalized spacial score (nSPS) is 11.2. The van der Waals surface area contributed by atoms with Crippen molar-refractivity contribution >= 4 is 11.5 Å². The number of benzene rings is 2. The number of anilines is 1. The van der Waals surface area contributed by atoms with Crippen molar-refractivity contribution in [3.05, 3.63) is 84.2 Å². The second-order valence-electron chi connectivity index (χ2n) is 7.13. The van der Waals surface area contributed by atoms with Crippen LogP contribution in [0.15, 0.2) is 67.2 Å². The predicted molar refractivity (Wildman–Crippen MR) is 109 cm³/mol. The molecule has 2 aromatic carbocycles. The highest BCUT2D eigenvalue weighted by Gasteiger charge is 2.23. The summed E-state index contributed by atoms with van der Waals surface area (Å²) in [6, 6.07) is 18.3. The van der Waals surface area contributed by atoms with Crippen LogP contribution < -0.4 is 11.1 Å². The molecule has 0 spiro atoms. The Morgan fingerprint density at radius 3 is 2.52 bits per heavy atom. The Bertz CT molecular complexity index is 949. The molecule has 3 aromatic rings. The van der Waals surface area contributed by atoms with Crippen LogP contribution in [0.4, 0.5) is 10.2 Å². The van der Waals surface area contributed by atoms with Gasteiger partial charge in [-0.3, -0.25) is 0 Å². The average molecular weight is 362 g/mol. The SMILES string of the molecule is C=C(N)c1cccc(-c2ccc(NCC(C)(C)c3ccccc3F)nn2)c1. The van der Waals surface area contributed by atoms with Crippen molar-refractivity contribution in [1.29, 1.82) is 0 Å². The van der Waals surface area contributed by atoms with Gasteiger partial charge in [0.05, 0.1) is 5.69 Å². The lowest BCUT2D eigenvalue weighted by molar-refractivity contribution is 0.504. The van der Waals surface area contributed by atoms with Gasteiger partial charge in [0, 0.05) is 23.2 Å². The molecule has 0 fully saturated rings. The van der Waals surface area contributed by atoms with Crippen LogP contribution in [0, 0.1) is 5.82 Å².